The summed E-state index contributed by atoms with van der Waals surface area (Å²) in [7, 11) is 1.35. The van der Waals surface area contributed by atoms with Gasteiger partial charge in [0.25, 0.3) is 0 Å². The summed E-state index contributed by atoms with van der Waals surface area (Å²) >= 11 is 0. The van der Waals surface area contributed by atoms with Crippen LogP contribution in [-0.4, -0.2) is 111 Å². The Bertz CT molecular complexity index is 630. The molecule has 0 aromatic heterocycles. The van der Waals surface area contributed by atoms with E-state index in [-0.39, 0.29) is 30.9 Å². The maximum atomic E-state index is 13.0. The smallest absolute Gasteiger partial charge is 0.323 e. The van der Waals surface area contributed by atoms with Crippen molar-refractivity contribution in [1.29, 1.82) is 0 Å². The Kier molecular flexibility index (Phi) is 13.0. The van der Waals surface area contributed by atoms with Crippen molar-refractivity contribution in [1.82, 2.24) is 20.4 Å². The molecule has 0 amide bonds. The topological polar surface area (TPSA) is 109 Å². The molecule has 1 aliphatic heterocycles. The molecule has 0 saturated carbocycles. The first-order valence-electron chi connectivity index (χ1n) is 12.2. The Labute approximate surface area is 205 Å². The molecule has 1 fully saturated rings. The summed E-state index contributed by atoms with van der Waals surface area (Å²) < 4.78 is 15.9. The third-order valence-electron chi connectivity index (χ3n) is 5.10. The molecule has 2 N–H and O–H groups in total. The highest BCUT2D eigenvalue weighted by atomic mass is 16.6. The number of nitrogens with zero attached hydrogens (tertiary/aromatic N) is 2. The van der Waals surface area contributed by atoms with Crippen LogP contribution in [0.25, 0.3) is 0 Å². The van der Waals surface area contributed by atoms with Crippen LogP contribution >= 0.6 is 0 Å². The molecule has 1 saturated heterocycles. The standard InChI is InChI=1S/C24H46N4O6/c1-23(2,3)33-21(30)18-27-14-10-25-12-16-28(17-13-26-11-15-27)19(8-9-20(29)32-7)22(31)34-24(4,5)6/h19,25-26H,8-18H2,1-7H3. The molecule has 34 heavy (non-hydrogen) atoms. The number of hydrogen-bond donors (Lipinski definition) is 2. The fourth-order valence-corrected chi connectivity index (χ4v) is 3.60. The highest BCUT2D eigenvalue weighted by Crippen LogP contribution is 2.15. The summed E-state index contributed by atoms with van der Waals surface area (Å²) in [6.45, 7) is 16.8. The number of ether oxygens (including phenoxy) is 3. The van der Waals surface area contributed by atoms with E-state index in [1.165, 1.54) is 7.11 Å². The third kappa shape index (κ3) is 13.8. The molecule has 1 unspecified atom stereocenters. The third-order valence-corrected chi connectivity index (χ3v) is 5.10. The minimum absolute atomic E-state index is 0.150. The van der Waals surface area contributed by atoms with Crippen LogP contribution in [0.4, 0.5) is 0 Å². The largest absolute Gasteiger partial charge is 0.469 e. The number of nitrogens with one attached hydrogen (secondary N) is 2. The van der Waals surface area contributed by atoms with Crippen LogP contribution in [0.3, 0.4) is 0 Å². The van der Waals surface area contributed by atoms with Crippen molar-refractivity contribution in [2.45, 2.75) is 71.6 Å². The second kappa shape index (κ2) is 14.6. The van der Waals surface area contributed by atoms with E-state index >= 15 is 0 Å². The first-order chi connectivity index (χ1) is 15.8. The number of hydrogen-bond acceptors (Lipinski definition) is 10. The van der Waals surface area contributed by atoms with E-state index in [0.29, 0.717) is 58.8 Å². The Morgan fingerprint density at radius 3 is 1.76 bits per heavy atom. The quantitative estimate of drug-likeness (QED) is 0.396. The first kappa shape index (κ1) is 30.3. The summed E-state index contributed by atoms with van der Waals surface area (Å²) in [6.07, 6.45) is 0.489. The van der Waals surface area contributed by atoms with Gasteiger partial charge in [-0.25, -0.2) is 0 Å². The van der Waals surface area contributed by atoms with Gasteiger partial charge in [0.1, 0.15) is 17.2 Å². The summed E-state index contributed by atoms with van der Waals surface area (Å²) in [5, 5.41) is 6.81. The van der Waals surface area contributed by atoms with Crippen LogP contribution in [0.15, 0.2) is 0 Å². The molecule has 0 aromatic rings. The Hall–Kier alpha value is -1.75. The van der Waals surface area contributed by atoms with Gasteiger partial charge in [-0.1, -0.05) is 0 Å². The first-order valence-corrected chi connectivity index (χ1v) is 12.2. The van der Waals surface area contributed by atoms with Crippen LogP contribution in [0.1, 0.15) is 54.4 Å². The Balaban J connectivity index is 2.74. The van der Waals surface area contributed by atoms with Gasteiger partial charge in [0.05, 0.1) is 13.7 Å². The summed E-state index contributed by atoms with van der Waals surface area (Å²) in [5.41, 5.74) is -1.11. The lowest BCUT2D eigenvalue weighted by atomic mass is 10.1. The number of carbonyl (C=O) groups is 3. The van der Waals surface area contributed by atoms with E-state index in [2.05, 4.69) is 20.4 Å². The second-order valence-corrected chi connectivity index (χ2v) is 10.6. The molecule has 1 aliphatic rings. The van der Waals surface area contributed by atoms with Gasteiger partial charge >= 0.3 is 17.9 Å². The van der Waals surface area contributed by atoms with Gasteiger partial charge < -0.3 is 24.8 Å². The van der Waals surface area contributed by atoms with Crippen molar-refractivity contribution in [3.05, 3.63) is 0 Å². The average Bonchev–Trinajstić information content (AvgIpc) is 2.68. The van der Waals surface area contributed by atoms with Crippen molar-refractivity contribution >= 4 is 17.9 Å². The predicted octanol–water partition coefficient (Wildman–Crippen LogP) is 0.788. The molecule has 1 heterocycles. The van der Waals surface area contributed by atoms with Crippen molar-refractivity contribution in [3.63, 3.8) is 0 Å². The van der Waals surface area contributed by atoms with Gasteiger partial charge in [0.2, 0.25) is 0 Å². The van der Waals surface area contributed by atoms with E-state index in [1.54, 1.807) is 0 Å². The van der Waals surface area contributed by atoms with Crippen molar-refractivity contribution < 1.29 is 28.6 Å². The lowest BCUT2D eigenvalue weighted by Crippen LogP contribution is -2.50. The molecule has 0 spiro atoms. The molecular weight excluding hydrogens is 440 g/mol. The minimum atomic E-state index is -0.610. The van der Waals surface area contributed by atoms with Gasteiger partial charge in [0.15, 0.2) is 0 Å². The number of methoxy groups -OCH3 is 1. The van der Waals surface area contributed by atoms with E-state index in [4.69, 9.17) is 14.2 Å². The monoisotopic (exact) mass is 486 g/mol. The van der Waals surface area contributed by atoms with E-state index in [1.807, 2.05) is 41.5 Å². The maximum absolute atomic E-state index is 13.0. The van der Waals surface area contributed by atoms with Crippen LogP contribution in [-0.2, 0) is 28.6 Å². The maximum Gasteiger partial charge on any atom is 0.323 e. The van der Waals surface area contributed by atoms with Crippen molar-refractivity contribution in [2.24, 2.45) is 0 Å². The van der Waals surface area contributed by atoms with Crippen LogP contribution in [0, 0.1) is 0 Å². The summed E-state index contributed by atoms with van der Waals surface area (Å²) in [4.78, 5) is 41.1. The minimum Gasteiger partial charge on any atom is -0.469 e. The molecule has 1 atom stereocenters. The predicted molar refractivity (Wildman–Crippen MR) is 130 cm³/mol. The Morgan fingerprint density at radius 2 is 1.29 bits per heavy atom. The van der Waals surface area contributed by atoms with E-state index < -0.39 is 17.2 Å². The molecule has 10 heteroatoms. The van der Waals surface area contributed by atoms with Crippen LogP contribution in [0.2, 0.25) is 0 Å². The number of carbonyl (C=O) groups excluding carboxylic acids is 3. The SMILES string of the molecule is COC(=O)CCC(C(=O)OC(C)(C)C)N1CCNCCN(CC(=O)OC(C)(C)C)CCNCC1. The van der Waals surface area contributed by atoms with Gasteiger partial charge in [0, 0.05) is 58.8 Å². The van der Waals surface area contributed by atoms with Gasteiger partial charge in [-0.2, -0.15) is 0 Å². The van der Waals surface area contributed by atoms with Crippen LogP contribution < -0.4 is 10.6 Å². The highest BCUT2D eigenvalue weighted by molar-refractivity contribution is 5.77. The summed E-state index contributed by atoms with van der Waals surface area (Å²) in [6, 6.07) is -0.534. The van der Waals surface area contributed by atoms with Gasteiger partial charge in [-0.3, -0.25) is 24.2 Å². The molecule has 0 radical (unpaired) electrons. The second-order valence-electron chi connectivity index (χ2n) is 10.6. The Morgan fingerprint density at radius 1 is 0.794 bits per heavy atom. The molecule has 198 valence electrons. The van der Waals surface area contributed by atoms with Crippen molar-refractivity contribution in [3.8, 4) is 0 Å². The van der Waals surface area contributed by atoms with E-state index in [0.717, 1.165) is 0 Å². The van der Waals surface area contributed by atoms with Crippen molar-refractivity contribution in [2.75, 3.05) is 66.0 Å². The zero-order valence-corrected chi connectivity index (χ0v) is 22.2. The molecular formula is C24H46N4O6. The fraction of sp³-hybridized carbons (Fsp3) is 0.875. The lowest BCUT2D eigenvalue weighted by Gasteiger charge is -2.33. The zero-order chi connectivity index (χ0) is 25.8. The zero-order valence-electron chi connectivity index (χ0n) is 22.2. The number of rotatable bonds is 7. The van der Waals surface area contributed by atoms with Gasteiger partial charge in [-0.15, -0.1) is 0 Å². The fourth-order valence-electron chi connectivity index (χ4n) is 3.60. The lowest BCUT2D eigenvalue weighted by molar-refractivity contribution is -0.162. The van der Waals surface area contributed by atoms with E-state index in [9.17, 15) is 14.4 Å². The normalized spacial score (nSPS) is 18.8. The molecule has 1 rings (SSSR count). The number of esters is 3. The van der Waals surface area contributed by atoms with Crippen LogP contribution in [0.5, 0.6) is 0 Å². The molecule has 0 aromatic carbocycles. The molecule has 0 bridgehead atoms. The molecule has 10 nitrogen and oxygen atoms in total. The average molecular weight is 487 g/mol. The van der Waals surface area contributed by atoms with Gasteiger partial charge in [-0.05, 0) is 48.0 Å². The highest BCUT2D eigenvalue weighted by Gasteiger charge is 2.31. The summed E-state index contributed by atoms with van der Waals surface area (Å²) in [5.74, 6) is -0.896. The molecule has 0 aliphatic carbocycles.